The topological polar surface area (TPSA) is 107 Å². The van der Waals surface area contributed by atoms with Gasteiger partial charge in [0.25, 0.3) is 5.91 Å². The third kappa shape index (κ3) is 6.93. The van der Waals surface area contributed by atoms with Crippen molar-refractivity contribution in [3.63, 3.8) is 0 Å². The van der Waals surface area contributed by atoms with Gasteiger partial charge in [0.15, 0.2) is 11.0 Å². The number of ether oxygens (including phenoxy) is 2. The van der Waals surface area contributed by atoms with E-state index in [9.17, 15) is 26.4 Å². The van der Waals surface area contributed by atoms with Crippen LogP contribution in [-0.4, -0.2) is 60.5 Å². The van der Waals surface area contributed by atoms with Crippen LogP contribution in [-0.2, 0) is 37.0 Å². The fourth-order valence-corrected chi connectivity index (χ4v) is 7.08. The van der Waals surface area contributed by atoms with E-state index in [2.05, 4.69) is 10.5 Å². The van der Waals surface area contributed by atoms with Crippen LogP contribution in [0.15, 0.2) is 48.7 Å². The Morgan fingerprint density at radius 2 is 1.82 bits per heavy atom. The molecule has 2 fully saturated rings. The maximum absolute atomic E-state index is 14.1. The minimum Gasteiger partial charge on any atom is -0.490 e. The number of amides is 1. The van der Waals surface area contributed by atoms with Crippen LogP contribution in [0.2, 0.25) is 0 Å². The van der Waals surface area contributed by atoms with E-state index in [1.54, 1.807) is 25.1 Å². The summed E-state index contributed by atoms with van der Waals surface area (Å²) >= 11 is 0. The highest BCUT2D eigenvalue weighted by molar-refractivity contribution is 7.91. The van der Waals surface area contributed by atoms with Gasteiger partial charge in [0.2, 0.25) is 10.0 Å². The number of hydrogen-bond acceptors (Lipinski definition) is 7. The van der Waals surface area contributed by atoms with Crippen LogP contribution in [0.3, 0.4) is 0 Å². The molecule has 0 radical (unpaired) electrons. The maximum Gasteiger partial charge on any atom is 0.416 e. The van der Waals surface area contributed by atoms with Crippen LogP contribution >= 0.6 is 0 Å². The lowest BCUT2D eigenvalue weighted by Gasteiger charge is -2.39. The van der Waals surface area contributed by atoms with Crippen molar-refractivity contribution >= 4 is 15.9 Å². The molecule has 1 aromatic carbocycles. The lowest BCUT2D eigenvalue weighted by atomic mass is 9.98. The van der Waals surface area contributed by atoms with Crippen LogP contribution < -0.4 is 10.2 Å². The number of carbonyl (C=O) groups excluding carboxylic acids is 1. The zero-order chi connectivity index (χ0) is 28.8. The summed E-state index contributed by atoms with van der Waals surface area (Å²) in [5.74, 6) is -0.522. The molecule has 0 spiro atoms. The van der Waals surface area contributed by atoms with Gasteiger partial charge in [-0.15, -0.1) is 0 Å². The SMILES string of the molecule is CCC(Cc1ccccn1)(C(=O)NOC1CCCCO1)S(=O)(=O)N1CCC(Oc2ccc(C(F)(F)F)cc2)CC1. The third-order valence-electron chi connectivity index (χ3n) is 7.32. The fraction of sp³-hybridized carbons (Fsp3) is 0.556. The van der Waals surface area contributed by atoms with Gasteiger partial charge in [-0.3, -0.25) is 9.78 Å². The molecular weight excluding hydrogens is 551 g/mol. The Bertz CT molecular complexity index is 1220. The smallest absolute Gasteiger partial charge is 0.416 e. The number of halogens is 3. The van der Waals surface area contributed by atoms with Crippen molar-refractivity contribution in [3.05, 3.63) is 59.9 Å². The molecule has 1 N–H and O–H groups in total. The third-order valence-corrected chi connectivity index (χ3v) is 9.97. The first kappa shape index (κ1) is 30.2. The molecule has 13 heteroatoms. The monoisotopic (exact) mass is 585 g/mol. The maximum atomic E-state index is 14.1. The molecule has 4 rings (SSSR count). The number of alkyl halides is 3. The molecule has 9 nitrogen and oxygen atoms in total. The summed E-state index contributed by atoms with van der Waals surface area (Å²) in [5, 5.41) is 0. The molecule has 40 heavy (non-hydrogen) atoms. The fourth-order valence-electron chi connectivity index (χ4n) is 4.92. The van der Waals surface area contributed by atoms with Crippen molar-refractivity contribution in [2.75, 3.05) is 19.7 Å². The van der Waals surface area contributed by atoms with Gasteiger partial charge in [0, 0.05) is 44.4 Å². The van der Waals surface area contributed by atoms with Crippen LogP contribution in [0.4, 0.5) is 13.2 Å². The molecular formula is C27H34F3N3O6S. The van der Waals surface area contributed by atoms with Crippen molar-refractivity contribution < 1.29 is 40.7 Å². The average Bonchev–Trinajstić information content (AvgIpc) is 2.96. The van der Waals surface area contributed by atoms with Crippen molar-refractivity contribution in [3.8, 4) is 5.75 Å². The number of hydrogen-bond donors (Lipinski definition) is 1. The van der Waals surface area contributed by atoms with Gasteiger partial charge in [-0.25, -0.2) is 23.0 Å². The zero-order valence-corrected chi connectivity index (χ0v) is 23.0. The van der Waals surface area contributed by atoms with Gasteiger partial charge < -0.3 is 9.47 Å². The van der Waals surface area contributed by atoms with Crippen molar-refractivity contribution in [2.45, 2.75) is 75.2 Å². The number of nitrogens with zero attached hydrogens (tertiary/aromatic N) is 2. The van der Waals surface area contributed by atoms with Crippen molar-refractivity contribution in [1.82, 2.24) is 14.8 Å². The summed E-state index contributed by atoms with van der Waals surface area (Å²) in [7, 11) is -4.22. The largest absolute Gasteiger partial charge is 0.490 e. The Morgan fingerprint density at radius 1 is 1.10 bits per heavy atom. The second kappa shape index (κ2) is 12.8. The van der Waals surface area contributed by atoms with E-state index in [4.69, 9.17) is 14.3 Å². The molecule has 1 amide bonds. The highest BCUT2D eigenvalue weighted by Gasteiger charge is 2.53. The van der Waals surface area contributed by atoms with E-state index in [1.807, 2.05) is 0 Å². The number of sulfonamides is 1. The van der Waals surface area contributed by atoms with Crippen LogP contribution in [0.5, 0.6) is 5.75 Å². The van der Waals surface area contributed by atoms with Gasteiger partial charge in [0.05, 0.1) is 5.56 Å². The number of aromatic nitrogens is 1. The molecule has 2 aromatic rings. The van der Waals surface area contributed by atoms with Gasteiger partial charge >= 0.3 is 6.18 Å². The van der Waals surface area contributed by atoms with Crippen LogP contribution in [0.25, 0.3) is 0 Å². The molecule has 2 atom stereocenters. The zero-order valence-electron chi connectivity index (χ0n) is 22.2. The van der Waals surface area contributed by atoms with E-state index in [0.29, 0.717) is 31.6 Å². The van der Waals surface area contributed by atoms with Gasteiger partial charge in [-0.05, 0) is 68.5 Å². The van der Waals surface area contributed by atoms with E-state index < -0.39 is 44.8 Å². The first-order valence-corrected chi connectivity index (χ1v) is 14.8. The van der Waals surface area contributed by atoms with E-state index in [1.165, 1.54) is 22.6 Å². The van der Waals surface area contributed by atoms with Gasteiger partial charge in [-0.1, -0.05) is 13.0 Å². The quantitative estimate of drug-likeness (QED) is 0.416. The Morgan fingerprint density at radius 3 is 2.40 bits per heavy atom. The number of carbonyl (C=O) groups is 1. The highest BCUT2D eigenvalue weighted by Crippen LogP contribution is 2.34. The average molecular weight is 586 g/mol. The Labute approximate surface area is 232 Å². The highest BCUT2D eigenvalue weighted by atomic mass is 32.2. The van der Waals surface area contributed by atoms with Crippen LogP contribution in [0.1, 0.15) is 56.7 Å². The predicted molar refractivity (Wildman–Crippen MR) is 139 cm³/mol. The molecule has 2 aliphatic heterocycles. The van der Waals surface area contributed by atoms with E-state index in [0.717, 1.165) is 25.0 Å². The Kier molecular flexibility index (Phi) is 9.70. The standard InChI is InChI=1S/C27H34F3N3O6S/c1-2-26(19-21-7-3-5-15-31-21,25(34)32-39-24-8-4-6-18-37-24)40(35,36)33-16-13-23(14-17-33)38-22-11-9-20(10-12-22)27(28,29)30/h3,5,7,9-12,15,23-24H,2,4,6,8,13-14,16-19H2,1H3,(H,32,34). The molecule has 1 aromatic heterocycles. The first-order chi connectivity index (χ1) is 19.0. The number of hydroxylamine groups is 1. The van der Waals surface area contributed by atoms with E-state index in [-0.39, 0.29) is 31.7 Å². The molecule has 3 heterocycles. The first-order valence-electron chi connectivity index (χ1n) is 13.4. The number of nitrogens with one attached hydrogen (secondary N) is 1. The molecule has 220 valence electrons. The molecule has 2 aliphatic rings. The molecule has 0 aliphatic carbocycles. The van der Waals surface area contributed by atoms with Gasteiger partial charge in [0.1, 0.15) is 11.9 Å². The minimum absolute atomic E-state index is 0.0331. The number of rotatable bonds is 10. The number of piperidine rings is 1. The second-order valence-corrected chi connectivity index (χ2v) is 12.2. The number of benzene rings is 1. The summed E-state index contributed by atoms with van der Waals surface area (Å²) in [4.78, 5) is 23.3. The summed E-state index contributed by atoms with van der Waals surface area (Å²) in [6, 6.07) is 9.49. The summed E-state index contributed by atoms with van der Waals surface area (Å²) in [5.41, 5.74) is 2.03. The predicted octanol–water partition coefficient (Wildman–Crippen LogP) is 4.24. The molecule has 0 bridgehead atoms. The Hall–Kier alpha value is -2.74. The van der Waals surface area contributed by atoms with Crippen molar-refractivity contribution in [2.24, 2.45) is 0 Å². The van der Waals surface area contributed by atoms with Gasteiger partial charge in [-0.2, -0.15) is 13.2 Å². The molecule has 2 unspecified atom stereocenters. The lowest BCUT2D eigenvalue weighted by Crippen LogP contribution is -2.60. The summed E-state index contributed by atoms with van der Waals surface area (Å²) < 4.78 is 77.5. The Balaban J connectivity index is 1.47. The second-order valence-electron chi connectivity index (χ2n) is 9.93. The lowest BCUT2D eigenvalue weighted by molar-refractivity contribution is -0.201. The molecule has 2 saturated heterocycles. The number of pyridine rings is 1. The summed E-state index contributed by atoms with van der Waals surface area (Å²) in [6.07, 6.45) is -1.19. The normalized spacial score (nSPS) is 20.9. The van der Waals surface area contributed by atoms with E-state index >= 15 is 0 Å². The van der Waals surface area contributed by atoms with Crippen LogP contribution in [0, 0.1) is 0 Å². The minimum atomic E-state index is -4.44. The molecule has 0 saturated carbocycles. The van der Waals surface area contributed by atoms with Crippen molar-refractivity contribution in [1.29, 1.82) is 0 Å². The summed E-state index contributed by atoms with van der Waals surface area (Å²) in [6.45, 7) is 2.29.